The van der Waals surface area contributed by atoms with Gasteiger partial charge >= 0.3 is 0 Å². The summed E-state index contributed by atoms with van der Waals surface area (Å²) in [7, 11) is 0. The lowest BCUT2D eigenvalue weighted by Gasteiger charge is -2.14. The molecule has 2 aromatic carbocycles. The first-order valence-corrected chi connectivity index (χ1v) is 7.85. The number of anilines is 2. The minimum atomic E-state index is -0.549. The molecular weight excluding hydrogens is 459 g/mol. The fourth-order valence-corrected chi connectivity index (χ4v) is 3.22. The summed E-state index contributed by atoms with van der Waals surface area (Å²) in [6.07, 6.45) is 0. The van der Waals surface area contributed by atoms with Gasteiger partial charge in [0.05, 0.1) is 35.2 Å². The van der Waals surface area contributed by atoms with Gasteiger partial charge in [0.2, 0.25) is 0 Å². The van der Waals surface area contributed by atoms with E-state index < -0.39 is 9.85 Å². The Morgan fingerprint density at radius 2 is 1.48 bits per heavy atom. The van der Waals surface area contributed by atoms with Crippen LogP contribution < -0.4 is 10.9 Å². The zero-order chi connectivity index (χ0) is 17.1. The SMILES string of the molecule is O=[N+]([O-])c1ccc(NNc2c(Br)cc([N+](=O)[O-])cc2Br)c(Cl)c1. The quantitative estimate of drug-likeness (QED) is 0.467. The molecule has 0 unspecified atom stereocenters. The minimum absolute atomic E-state index is 0.0809. The Morgan fingerprint density at radius 3 is 1.96 bits per heavy atom. The molecule has 0 saturated heterocycles. The maximum Gasteiger partial charge on any atom is 0.271 e. The lowest BCUT2D eigenvalue weighted by molar-refractivity contribution is -0.385. The van der Waals surface area contributed by atoms with Gasteiger partial charge in [-0.3, -0.25) is 31.1 Å². The van der Waals surface area contributed by atoms with E-state index in [2.05, 4.69) is 42.7 Å². The second-order valence-electron chi connectivity index (χ2n) is 4.21. The second kappa shape index (κ2) is 7.11. The summed E-state index contributed by atoms with van der Waals surface area (Å²) in [5, 5.41) is 21.6. The summed E-state index contributed by atoms with van der Waals surface area (Å²) in [4.78, 5) is 20.4. The Balaban J connectivity index is 2.21. The van der Waals surface area contributed by atoms with E-state index >= 15 is 0 Å². The first-order chi connectivity index (χ1) is 10.8. The molecule has 0 saturated carbocycles. The van der Waals surface area contributed by atoms with E-state index in [0.717, 1.165) is 0 Å². The number of rotatable bonds is 5. The summed E-state index contributed by atoms with van der Waals surface area (Å²) in [5.74, 6) is 0. The van der Waals surface area contributed by atoms with E-state index in [1.165, 1.54) is 30.3 Å². The normalized spacial score (nSPS) is 10.2. The third-order valence-corrected chi connectivity index (χ3v) is 4.29. The van der Waals surface area contributed by atoms with Gasteiger partial charge in [-0.1, -0.05) is 11.6 Å². The molecule has 0 amide bonds. The van der Waals surface area contributed by atoms with Gasteiger partial charge in [0.15, 0.2) is 0 Å². The number of nitro groups is 2. The van der Waals surface area contributed by atoms with E-state index in [1.807, 2.05) is 0 Å². The van der Waals surface area contributed by atoms with Gasteiger partial charge in [0.1, 0.15) is 0 Å². The minimum Gasteiger partial charge on any atom is -0.299 e. The van der Waals surface area contributed by atoms with Crippen molar-refractivity contribution in [1.82, 2.24) is 0 Å². The summed E-state index contributed by atoms with van der Waals surface area (Å²) >= 11 is 12.4. The van der Waals surface area contributed by atoms with Crippen molar-refractivity contribution >= 4 is 66.2 Å². The lowest BCUT2D eigenvalue weighted by atomic mass is 10.3. The topological polar surface area (TPSA) is 110 Å². The molecule has 0 aliphatic carbocycles. The van der Waals surface area contributed by atoms with Gasteiger partial charge in [-0.05, 0) is 37.9 Å². The smallest absolute Gasteiger partial charge is 0.271 e. The van der Waals surface area contributed by atoms with Crippen LogP contribution in [0.25, 0.3) is 0 Å². The monoisotopic (exact) mass is 464 g/mol. The molecule has 0 aromatic heterocycles. The van der Waals surface area contributed by atoms with Crippen LogP contribution >= 0.6 is 43.5 Å². The molecule has 0 aliphatic rings. The average molecular weight is 466 g/mol. The highest BCUT2D eigenvalue weighted by atomic mass is 79.9. The van der Waals surface area contributed by atoms with Crippen LogP contribution in [0.2, 0.25) is 5.02 Å². The first-order valence-electron chi connectivity index (χ1n) is 5.89. The van der Waals surface area contributed by atoms with Crippen molar-refractivity contribution in [2.24, 2.45) is 0 Å². The van der Waals surface area contributed by atoms with E-state index in [9.17, 15) is 20.2 Å². The van der Waals surface area contributed by atoms with Crippen molar-refractivity contribution in [1.29, 1.82) is 0 Å². The highest BCUT2D eigenvalue weighted by molar-refractivity contribution is 9.11. The molecule has 2 rings (SSSR count). The van der Waals surface area contributed by atoms with Gasteiger partial charge in [0.25, 0.3) is 11.4 Å². The number of hydrazine groups is 1. The fourth-order valence-electron chi connectivity index (χ4n) is 1.63. The Kier molecular flexibility index (Phi) is 5.39. The summed E-state index contributed by atoms with van der Waals surface area (Å²) in [5.41, 5.74) is 6.33. The van der Waals surface area contributed by atoms with Crippen molar-refractivity contribution in [2.45, 2.75) is 0 Å². The molecular formula is C12H7Br2ClN4O4. The zero-order valence-electron chi connectivity index (χ0n) is 11.0. The molecule has 2 N–H and O–H groups in total. The van der Waals surface area contributed by atoms with Crippen LogP contribution in [-0.2, 0) is 0 Å². The molecule has 120 valence electrons. The van der Waals surface area contributed by atoms with Gasteiger partial charge < -0.3 is 0 Å². The van der Waals surface area contributed by atoms with Crippen molar-refractivity contribution in [3.05, 3.63) is 64.5 Å². The molecule has 2 aromatic rings. The van der Waals surface area contributed by atoms with E-state index in [-0.39, 0.29) is 16.4 Å². The molecule has 0 radical (unpaired) electrons. The molecule has 23 heavy (non-hydrogen) atoms. The van der Waals surface area contributed by atoms with Crippen LogP contribution in [0.1, 0.15) is 0 Å². The highest BCUT2D eigenvalue weighted by Gasteiger charge is 2.15. The number of benzene rings is 2. The van der Waals surface area contributed by atoms with Crippen LogP contribution in [0, 0.1) is 20.2 Å². The summed E-state index contributed by atoms with van der Waals surface area (Å²) in [6, 6.07) is 6.64. The highest BCUT2D eigenvalue weighted by Crippen LogP contribution is 2.35. The Bertz CT molecular complexity index is 780. The van der Waals surface area contributed by atoms with E-state index in [0.29, 0.717) is 20.3 Å². The van der Waals surface area contributed by atoms with Crippen LogP contribution in [0.5, 0.6) is 0 Å². The number of nitrogens with zero attached hydrogens (tertiary/aromatic N) is 2. The molecule has 0 bridgehead atoms. The summed E-state index contributed by atoms with van der Waals surface area (Å²) < 4.78 is 0.896. The number of hydrogen-bond donors (Lipinski definition) is 2. The van der Waals surface area contributed by atoms with Crippen LogP contribution in [0.15, 0.2) is 39.3 Å². The maximum absolute atomic E-state index is 10.8. The first kappa shape index (κ1) is 17.4. The van der Waals surface area contributed by atoms with Gasteiger partial charge in [0, 0.05) is 24.3 Å². The third-order valence-electron chi connectivity index (χ3n) is 2.72. The van der Waals surface area contributed by atoms with Crippen molar-refractivity contribution in [3.8, 4) is 0 Å². The molecule has 8 nitrogen and oxygen atoms in total. The largest absolute Gasteiger partial charge is 0.299 e. The second-order valence-corrected chi connectivity index (χ2v) is 6.33. The van der Waals surface area contributed by atoms with E-state index in [1.54, 1.807) is 0 Å². The van der Waals surface area contributed by atoms with Crippen LogP contribution in [-0.4, -0.2) is 9.85 Å². The van der Waals surface area contributed by atoms with Gasteiger partial charge in [-0.2, -0.15) is 0 Å². The number of hydrogen-bond acceptors (Lipinski definition) is 6. The third kappa shape index (κ3) is 4.09. The fraction of sp³-hybridized carbons (Fsp3) is 0. The van der Waals surface area contributed by atoms with Crippen molar-refractivity contribution in [2.75, 3.05) is 10.9 Å². The Labute approximate surface area is 151 Å². The molecule has 11 heteroatoms. The van der Waals surface area contributed by atoms with Crippen molar-refractivity contribution in [3.63, 3.8) is 0 Å². The predicted molar refractivity (Wildman–Crippen MR) is 93.8 cm³/mol. The Morgan fingerprint density at radius 1 is 0.913 bits per heavy atom. The molecule has 0 fully saturated rings. The number of nitrogens with one attached hydrogen (secondary N) is 2. The van der Waals surface area contributed by atoms with Crippen LogP contribution in [0.3, 0.4) is 0 Å². The van der Waals surface area contributed by atoms with E-state index in [4.69, 9.17) is 11.6 Å². The van der Waals surface area contributed by atoms with Gasteiger partial charge in [-0.15, -0.1) is 0 Å². The average Bonchev–Trinajstić information content (AvgIpc) is 2.47. The molecule has 0 aliphatic heterocycles. The molecule has 0 heterocycles. The summed E-state index contributed by atoms with van der Waals surface area (Å²) in [6.45, 7) is 0. The predicted octanol–water partition coefficient (Wildman–Crippen LogP) is 5.12. The van der Waals surface area contributed by atoms with Crippen LogP contribution in [0.4, 0.5) is 22.7 Å². The number of nitro benzene ring substituents is 2. The maximum atomic E-state index is 10.8. The number of non-ortho nitro benzene ring substituents is 2. The zero-order valence-corrected chi connectivity index (χ0v) is 15.0. The number of halogens is 3. The van der Waals surface area contributed by atoms with Crippen molar-refractivity contribution < 1.29 is 9.85 Å². The molecule has 0 atom stereocenters. The molecule has 0 spiro atoms. The lowest BCUT2D eigenvalue weighted by Crippen LogP contribution is -2.10. The Hall–Kier alpha value is -1.91. The van der Waals surface area contributed by atoms with Gasteiger partial charge in [-0.25, -0.2) is 0 Å². The standard InChI is InChI=1S/C12H7Br2ClN4O4/c13-8-3-7(19(22)23)4-9(14)12(8)17-16-11-2-1-6(18(20)21)5-10(11)15/h1-5,16-17H.